The van der Waals surface area contributed by atoms with Crippen LogP contribution >= 0.6 is 0 Å². The monoisotopic (exact) mass is 348 g/mol. The highest BCUT2D eigenvalue weighted by molar-refractivity contribution is 7.92. The molecule has 0 saturated heterocycles. The van der Waals surface area contributed by atoms with Crippen molar-refractivity contribution < 1.29 is 18.4 Å². The third kappa shape index (κ3) is 3.58. The van der Waals surface area contributed by atoms with Gasteiger partial charge in [0.1, 0.15) is 0 Å². The summed E-state index contributed by atoms with van der Waals surface area (Å²) in [5, 5.41) is 8.60. The summed E-state index contributed by atoms with van der Waals surface area (Å²) >= 11 is 0. The molecule has 1 amide bonds. The topological polar surface area (TPSA) is 86.7 Å². The number of amides is 1. The number of carbonyl (C=O) groups excluding carboxylic acids is 1. The van der Waals surface area contributed by atoms with Gasteiger partial charge in [-0.05, 0) is 47.9 Å². The van der Waals surface area contributed by atoms with Crippen LogP contribution in [0.1, 0.15) is 35.7 Å². The number of anilines is 1. The number of nitrogens with zero attached hydrogens (tertiary/aromatic N) is 1. The van der Waals surface area contributed by atoms with Crippen LogP contribution in [0.25, 0.3) is 0 Å². The molecule has 2 rings (SSSR count). The summed E-state index contributed by atoms with van der Waals surface area (Å²) in [6.07, 6.45) is 0. The van der Waals surface area contributed by atoms with Gasteiger partial charge in [0, 0.05) is 12.6 Å². The van der Waals surface area contributed by atoms with Crippen LogP contribution in [0, 0.1) is 0 Å². The Morgan fingerprint density at radius 1 is 1.04 bits per heavy atom. The van der Waals surface area contributed by atoms with Crippen LogP contribution in [-0.2, 0) is 10.0 Å². The molecule has 0 radical (unpaired) electrons. The first-order chi connectivity index (χ1) is 11.3. The number of hydroxylamine groups is 1. The van der Waals surface area contributed by atoms with Crippen LogP contribution in [0.5, 0.6) is 0 Å². The molecule has 0 aliphatic heterocycles. The molecule has 128 valence electrons. The predicted molar refractivity (Wildman–Crippen MR) is 91.8 cm³/mol. The van der Waals surface area contributed by atoms with Gasteiger partial charge in [-0.25, -0.2) is 13.9 Å². The van der Waals surface area contributed by atoms with Crippen LogP contribution < -0.4 is 9.79 Å². The summed E-state index contributed by atoms with van der Waals surface area (Å²) in [4.78, 5) is 11.5. The van der Waals surface area contributed by atoms with Crippen molar-refractivity contribution in [2.24, 2.45) is 0 Å². The molecule has 2 aromatic carbocycles. The molecule has 0 atom stereocenters. The highest BCUT2D eigenvalue weighted by atomic mass is 32.2. The lowest BCUT2D eigenvalue weighted by molar-refractivity contribution is 0.0706. The Labute approximate surface area is 141 Å². The minimum absolute atomic E-state index is 0.201. The van der Waals surface area contributed by atoms with Gasteiger partial charge < -0.3 is 0 Å². The third-order valence-corrected chi connectivity index (χ3v) is 5.60. The van der Waals surface area contributed by atoms with Crippen molar-refractivity contribution >= 4 is 21.6 Å². The fourth-order valence-corrected chi connectivity index (χ4v) is 3.40. The minimum atomic E-state index is -3.69. The lowest BCUT2D eigenvalue weighted by atomic mass is 10.0. The molecule has 0 saturated carbocycles. The minimum Gasteiger partial charge on any atom is -0.288 e. The van der Waals surface area contributed by atoms with E-state index >= 15 is 0 Å². The van der Waals surface area contributed by atoms with Gasteiger partial charge in [-0.3, -0.25) is 14.3 Å². The average molecular weight is 348 g/mol. The molecule has 0 aliphatic rings. The summed E-state index contributed by atoms with van der Waals surface area (Å²) in [6, 6.07) is 12.7. The zero-order valence-electron chi connectivity index (χ0n) is 13.7. The second-order valence-corrected chi connectivity index (χ2v) is 7.65. The molecule has 24 heavy (non-hydrogen) atoms. The molecular formula is C17H20N2O4S. The van der Waals surface area contributed by atoms with E-state index in [0.29, 0.717) is 11.6 Å². The Bertz CT molecular complexity index is 813. The van der Waals surface area contributed by atoms with Crippen molar-refractivity contribution in [2.45, 2.75) is 24.7 Å². The maximum Gasteiger partial charge on any atom is 0.274 e. The van der Waals surface area contributed by atoms with Crippen LogP contribution in [0.4, 0.5) is 5.69 Å². The molecule has 0 fully saturated rings. The first-order valence-electron chi connectivity index (χ1n) is 7.40. The van der Waals surface area contributed by atoms with Gasteiger partial charge in [0.05, 0.1) is 10.6 Å². The summed E-state index contributed by atoms with van der Waals surface area (Å²) < 4.78 is 26.5. The van der Waals surface area contributed by atoms with Crippen molar-refractivity contribution in [3.8, 4) is 0 Å². The van der Waals surface area contributed by atoms with Crippen molar-refractivity contribution in [2.75, 3.05) is 11.4 Å². The molecule has 0 unspecified atom stereocenters. The summed E-state index contributed by atoms with van der Waals surface area (Å²) in [5.41, 5.74) is 3.24. The number of nitrogens with one attached hydrogen (secondary N) is 1. The van der Waals surface area contributed by atoms with Gasteiger partial charge in [-0.1, -0.05) is 26.0 Å². The Morgan fingerprint density at radius 2 is 1.58 bits per heavy atom. The third-order valence-electron chi connectivity index (χ3n) is 3.80. The molecule has 7 heteroatoms. The number of benzene rings is 2. The van der Waals surface area contributed by atoms with E-state index in [1.54, 1.807) is 24.3 Å². The molecule has 0 bridgehead atoms. The second-order valence-electron chi connectivity index (χ2n) is 5.68. The summed E-state index contributed by atoms with van der Waals surface area (Å²) in [5.74, 6) is -0.332. The van der Waals surface area contributed by atoms with Crippen LogP contribution in [0.3, 0.4) is 0 Å². The van der Waals surface area contributed by atoms with E-state index in [1.165, 1.54) is 36.8 Å². The van der Waals surface area contributed by atoms with E-state index in [0.717, 1.165) is 9.87 Å². The second kappa shape index (κ2) is 7.02. The van der Waals surface area contributed by atoms with Crippen molar-refractivity contribution in [3.63, 3.8) is 0 Å². The summed E-state index contributed by atoms with van der Waals surface area (Å²) in [6.45, 7) is 4.08. The van der Waals surface area contributed by atoms with E-state index in [1.807, 2.05) is 13.8 Å². The maximum atomic E-state index is 12.7. The summed E-state index contributed by atoms with van der Waals surface area (Å²) in [7, 11) is -2.24. The Balaban J connectivity index is 2.29. The molecule has 0 aromatic heterocycles. The molecular weight excluding hydrogens is 328 g/mol. The zero-order chi connectivity index (χ0) is 17.9. The molecule has 2 aromatic rings. The highest BCUT2D eigenvalue weighted by Crippen LogP contribution is 2.24. The molecule has 6 nitrogen and oxygen atoms in total. The first kappa shape index (κ1) is 18.0. The number of sulfonamides is 1. The highest BCUT2D eigenvalue weighted by Gasteiger charge is 2.21. The largest absolute Gasteiger partial charge is 0.288 e. The predicted octanol–water partition coefficient (Wildman–Crippen LogP) is 2.75. The zero-order valence-corrected chi connectivity index (χ0v) is 14.5. The number of hydrogen-bond donors (Lipinski definition) is 2. The lowest BCUT2D eigenvalue weighted by Gasteiger charge is -2.20. The van der Waals surface area contributed by atoms with Gasteiger partial charge in [0.2, 0.25) is 0 Å². The van der Waals surface area contributed by atoms with Crippen LogP contribution in [0.2, 0.25) is 0 Å². The normalized spacial score (nSPS) is 11.4. The smallest absolute Gasteiger partial charge is 0.274 e. The van der Waals surface area contributed by atoms with Gasteiger partial charge in [-0.15, -0.1) is 0 Å². The van der Waals surface area contributed by atoms with Crippen molar-refractivity contribution in [1.29, 1.82) is 0 Å². The van der Waals surface area contributed by atoms with E-state index in [4.69, 9.17) is 5.21 Å². The maximum absolute atomic E-state index is 12.7. The molecule has 2 N–H and O–H groups in total. The van der Waals surface area contributed by atoms with E-state index in [-0.39, 0.29) is 10.5 Å². The van der Waals surface area contributed by atoms with Crippen molar-refractivity contribution in [1.82, 2.24) is 5.48 Å². The fourth-order valence-electron chi connectivity index (χ4n) is 2.21. The number of carbonyl (C=O) groups is 1. The molecule has 0 aliphatic carbocycles. The van der Waals surface area contributed by atoms with Gasteiger partial charge in [-0.2, -0.15) is 0 Å². The number of hydrogen-bond acceptors (Lipinski definition) is 4. The molecule has 0 spiro atoms. The van der Waals surface area contributed by atoms with E-state index in [2.05, 4.69) is 0 Å². The fraction of sp³-hybridized carbons (Fsp3) is 0.235. The quantitative estimate of drug-likeness (QED) is 0.642. The lowest BCUT2D eigenvalue weighted by Crippen LogP contribution is -2.26. The van der Waals surface area contributed by atoms with Crippen LogP contribution in [0.15, 0.2) is 53.4 Å². The SMILES string of the molecule is CC(C)c1ccc(S(=O)(=O)N(C)c2ccc(C(=O)NO)cc2)cc1. The average Bonchev–Trinajstić information content (AvgIpc) is 2.60. The van der Waals surface area contributed by atoms with Crippen LogP contribution in [-0.4, -0.2) is 26.6 Å². The Morgan fingerprint density at radius 3 is 2.04 bits per heavy atom. The van der Waals surface area contributed by atoms with Crippen molar-refractivity contribution in [3.05, 3.63) is 59.7 Å². The van der Waals surface area contributed by atoms with Gasteiger partial charge in [0.15, 0.2) is 0 Å². The van der Waals surface area contributed by atoms with Gasteiger partial charge >= 0.3 is 0 Å². The molecule has 0 heterocycles. The Kier molecular flexibility index (Phi) is 5.26. The van der Waals surface area contributed by atoms with E-state index in [9.17, 15) is 13.2 Å². The first-order valence-corrected chi connectivity index (χ1v) is 8.84. The standard InChI is InChI=1S/C17H20N2O4S/c1-12(2)13-6-10-16(11-7-13)24(22,23)19(3)15-8-4-14(5-9-15)17(20)18-21/h4-12,21H,1-3H3,(H,18,20). The van der Waals surface area contributed by atoms with E-state index < -0.39 is 15.9 Å². The van der Waals surface area contributed by atoms with Gasteiger partial charge in [0.25, 0.3) is 15.9 Å². The Hall–Kier alpha value is -2.38. The number of rotatable bonds is 5.